The Balaban J connectivity index is 1.74. The molecule has 5 heteroatoms. The van der Waals surface area contributed by atoms with E-state index in [0.717, 1.165) is 42.9 Å². The molecule has 0 bridgehead atoms. The van der Waals surface area contributed by atoms with E-state index in [1.807, 2.05) is 12.3 Å². The third kappa shape index (κ3) is 2.34. The Labute approximate surface area is 124 Å². The Morgan fingerprint density at radius 2 is 2.29 bits per heavy atom. The molecule has 0 spiro atoms. The van der Waals surface area contributed by atoms with Gasteiger partial charge in [-0.05, 0) is 51.4 Å². The smallest absolute Gasteiger partial charge is 0.162 e. The number of likely N-dealkylation sites (N-methyl/N-ethyl adjacent to an activating group) is 1. The van der Waals surface area contributed by atoms with Crippen LogP contribution in [0.25, 0.3) is 11.2 Å². The molecule has 2 aliphatic heterocycles. The summed E-state index contributed by atoms with van der Waals surface area (Å²) in [5.41, 5.74) is 1.96. The van der Waals surface area contributed by atoms with Crippen LogP contribution in [0.15, 0.2) is 18.3 Å². The predicted molar refractivity (Wildman–Crippen MR) is 81.1 cm³/mol. The predicted octanol–water partition coefficient (Wildman–Crippen LogP) is 2.38. The third-order valence-electron chi connectivity index (χ3n) is 4.81. The van der Waals surface area contributed by atoms with Crippen LogP contribution < -0.4 is 0 Å². The van der Waals surface area contributed by atoms with E-state index < -0.39 is 0 Å². The quantitative estimate of drug-likeness (QED) is 0.869. The largest absolute Gasteiger partial charge is 0.358 e. The lowest BCUT2D eigenvalue weighted by atomic mass is 10.1. The zero-order valence-corrected chi connectivity index (χ0v) is 12.5. The Kier molecular flexibility index (Phi) is 3.39. The zero-order chi connectivity index (χ0) is 14.2. The first kappa shape index (κ1) is 13.2. The maximum atomic E-state index is 5.91. The standard InChI is InChI=1S/C16H22N4O/c1-19-9-3-5-12(19)11-14-18-13-6-2-8-17-16(13)20(14)15-7-4-10-21-15/h2,6,8,12,15H,3-5,7,9-11H2,1H3. The van der Waals surface area contributed by atoms with Crippen LogP contribution in [0, 0.1) is 0 Å². The molecule has 2 fully saturated rings. The molecular formula is C16H22N4O. The lowest BCUT2D eigenvalue weighted by Gasteiger charge is -2.21. The van der Waals surface area contributed by atoms with Crippen molar-refractivity contribution in [3.63, 3.8) is 0 Å². The van der Waals surface area contributed by atoms with E-state index in [4.69, 9.17) is 9.72 Å². The van der Waals surface area contributed by atoms with Gasteiger partial charge in [-0.3, -0.25) is 4.57 Å². The molecule has 4 heterocycles. The maximum Gasteiger partial charge on any atom is 0.162 e. The molecule has 2 unspecified atom stereocenters. The molecule has 112 valence electrons. The summed E-state index contributed by atoms with van der Waals surface area (Å²) in [5, 5.41) is 0. The number of fused-ring (bicyclic) bond motifs is 1. The second-order valence-corrected chi connectivity index (χ2v) is 6.19. The SMILES string of the molecule is CN1CCCC1Cc1nc2cccnc2n1C1CCCO1. The maximum absolute atomic E-state index is 5.91. The van der Waals surface area contributed by atoms with Gasteiger partial charge in [0, 0.05) is 25.3 Å². The van der Waals surface area contributed by atoms with E-state index >= 15 is 0 Å². The second kappa shape index (κ2) is 5.39. The Morgan fingerprint density at radius 3 is 3.05 bits per heavy atom. The van der Waals surface area contributed by atoms with E-state index in [1.54, 1.807) is 0 Å². The summed E-state index contributed by atoms with van der Waals surface area (Å²) in [6, 6.07) is 4.61. The number of pyridine rings is 1. The lowest BCUT2D eigenvalue weighted by Crippen LogP contribution is -2.28. The molecule has 4 rings (SSSR count). The topological polar surface area (TPSA) is 43.2 Å². The van der Waals surface area contributed by atoms with Crippen LogP contribution in [-0.2, 0) is 11.2 Å². The molecule has 0 N–H and O–H groups in total. The molecule has 0 saturated carbocycles. The van der Waals surface area contributed by atoms with Crippen LogP contribution in [-0.4, -0.2) is 45.7 Å². The van der Waals surface area contributed by atoms with Crippen LogP contribution in [0.2, 0.25) is 0 Å². The van der Waals surface area contributed by atoms with E-state index in [-0.39, 0.29) is 6.23 Å². The van der Waals surface area contributed by atoms with Gasteiger partial charge in [-0.15, -0.1) is 0 Å². The number of rotatable bonds is 3. The van der Waals surface area contributed by atoms with Crippen molar-refractivity contribution in [1.82, 2.24) is 19.4 Å². The molecule has 0 amide bonds. The Hall–Kier alpha value is -1.46. The number of nitrogens with zero attached hydrogens (tertiary/aromatic N) is 4. The van der Waals surface area contributed by atoms with Crippen molar-refractivity contribution in [2.24, 2.45) is 0 Å². The highest BCUT2D eigenvalue weighted by atomic mass is 16.5. The molecular weight excluding hydrogens is 264 g/mol. The molecule has 2 aromatic rings. The monoisotopic (exact) mass is 286 g/mol. The minimum absolute atomic E-state index is 0.117. The molecule has 0 radical (unpaired) electrons. The molecule has 2 aliphatic rings. The van der Waals surface area contributed by atoms with Crippen molar-refractivity contribution >= 4 is 11.2 Å². The normalized spacial score (nSPS) is 26.9. The third-order valence-corrected chi connectivity index (χ3v) is 4.81. The van der Waals surface area contributed by atoms with Crippen molar-refractivity contribution in [2.75, 3.05) is 20.2 Å². The summed E-state index contributed by atoms with van der Waals surface area (Å²) in [6.07, 6.45) is 7.70. The van der Waals surface area contributed by atoms with Crippen LogP contribution in [0.3, 0.4) is 0 Å². The van der Waals surface area contributed by atoms with Crippen molar-refractivity contribution < 1.29 is 4.74 Å². The van der Waals surface area contributed by atoms with E-state index in [1.165, 1.54) is 19.4 Å². The summed E-state index contributed by atoms with van der Waals surface area (Å²) in [7, 11) is 2.22. The first-order valence-electron chi connectivity index (χ1n) is 7.96. The van der Waals surface area contributed by atoms with Gasteiger partial charge in [-0.1, -0.05) is 0 Å². The number of imidazole rings is 1. The number of likely N-dealkylation sites (tertiary alicyclic amines) is 1. The van der Waals surface area contributed by atoms with Crippen molar-refractivity contribution in [3.05, 3.63) is 24.2 Å². The van der Waals surface area contributed by atoms with Crippen molar-refractivity contribution in [1.29, 1.82) is 0 Å². The van der Waals surface area contributed by atoms with E-state index in [0.29, 0.717) is 6.04 Å². The molecule has 21 heavy (non-hydrogen) atoms. The molecule has 0 aliphatic carbocycles. The summed E-state index contributed by atoms with van der Waals surface area (Å²) < 4.78 is 8.15. The molecule has 2 saturated heterocycles. The van der Waals surface area contributed by atoms with Gasteiger partial charge < -0.3 is 9.64 Å². The molecule has 2 atom stereocenters. The summed E-state index contributed by atoms with van der Waals surface area (Å²) in [5.74, 6) is 1.13. The van der Waals surface area contributed by atoms with Crippen molar-refractivity contribution in [2.45, 2.75) is 44.4 Å². The highest BCUT2D eigenvalue weighted by Gasteiger charge is 2.28. The van der Waals surface area contributed by atoms with Crippen LogP contribution >= 0.6 is 0 Å². The zero-order valence-electron chi connectivity index (χ0n) is 12.5. The average molecular weight is 286 g/mol. The van der Waals surface area contributed by atoms with Crippen LogP contribution in [0.4, 0.5) is 0 Å². The minimum Gasteiger partial charge on any atom is -0.358 e. The summed E-state index contributed by atoms with van der Waals surface area (Å²) in [4.78, 5) is 11.8. The van der Waals surface area contributed by atoms with Gasteiger partial charge in [0.25, 0.3) is 0 Å². The van der Waals surface area contributed by atoms with Crippen LogP contribution in [0.1, 0.15) is 37.7 Å². The summed E-state index contributed by atoms with van der Waals surface area (Å²) >= 11 is 0. The number of hydrogen-bond acceptors (Lipinski definition) is 4. The Morgan fingerprint density at radius 1 is 1.33 bits per heavy atom. The van der Waals surface area contributed by atoms with E-state index in [9.17, 15) is 0 Å². The fourth-order valence-corrected chi connectivity index (χ4v) is 3.64. The van der Waals surface area contributed by atoms with Gasteiger partial charge in [0.05, 0.1) is 0 Å². The highest BCUT2D eigenvalue weighted by molar-refractivity contribution is 5.71. The number of ether oxygens (including phenoxy) is 1. The minimum atomic E-state index is 0.117. The first-order chi connectivity index (χ1) is 10.3. The van der Waals surface area contributed by atoms with Gasteiger partial charge in [0.1, 0.15) is 17.6 Å². The van der Waals surface area contributed by atoms with Crippen molar-refractivity contribution in [3.8, 4) is 0 Å². The van der Waals surface area contributed by atoms with Gasteiger partial charge in [-0.2, -0.15) is 0 Å². The fraction of sp³-hybridized carbons (Fsp3) is 0.625. The van der Waals surface area contributed by atoms with Gasteiger partial charge in [0.15, 0.2) is 5.65 Å². The van der Waals surface area contributed by atoms with Gasteiger partial charge in [-0.25, -0.2) is 9.97 Å². The molecule has 5 nitrogen and oxygen atoms in total. The fourth-order valence-electron chi connectivity index (χ4n) is 3.64. The number of hydrogen-bond donors (Lipinski definition) is 0. The second-order valence-electron chi connectivity index (χ2n) is 6.19. The lowest BCUT2D eigenvalue weighted by molar-refractivity contribution is 0.0564. The Bertz CT molecular complexity index is 632. The van der Waals surface area contributed by atoms with Gasteiger partial charge in [0.2, 0.25) is 0 Å². The first-order valence-corrected chi connectivity index (χ1v) is 7.96. The van der Waals surface area contributed by atoms with E-state index in [2.05, 4.69) is 27.6 Å². The highest BCUT2D eigenvalue weighted by Crippen LogP contribution is 2.30. The van der Waals surface area contributed by atoms with Gasteiger partial charge >= 0.3 is 0 Å². The number of aromatic nitrogens is 3. The average Bonchev–Trinajstić information content (AvgIpc) is 3.19. The van der Waals surface area contributed by atoms with Crippen LogP contribution in [0.5, 0.6) is 0 Å². The molecule has 0 aromatic carbocycles. The summed E-state index contributed by atoms with van der Waals surface area (Å²) in [6.45, 7) is 2.04. The molecule has 2 aromatic heterocycles.